The van der Waals surface area contributed by atoms with E-state index in [1.807, 2.05) is 32.0 Å². The minimum Gasteiger partial charge on any atom is -0.507 e. The molecule has 0 fully saturated rings. The molecule has 6 aromatic rings. The number of pyridine rings is 2. The van der Waals surface area contributed by atoms with Crippen LogP contribution in [0, 0.1) is 13.8 Å². The van der Waals surface area contributed by atoms with Gasteiger partial charge in [0.2, 0.25) is 17.6 Å². The fourth-order valence-corrected chi connectivity index (χ4v) is 4.44. The highest BCUT2D eigenvalue weighted by atomic mass is 16.5. The van der Waals surface area contributed by atoms with Crippen molar-refractivity contribution in [2.24, 2.45) is 0 Å². The Morgan fingerprint density at radius 3 is 1.98 bits per heavy atom. The van der Waals surface area contributed by atoms with Crippen molar-refractivity contribution in [3.05, 3.63) is 83.7 Å². The maximum atomic E-state index is 12.9. The smallest absolute Gasteiger partial charge is 0.262 e. The van der Waals surface area contributed by atoms with E-state index in [1.54, 1.807) is 30.6 Å². The maximum absolute atomic E-state index is 12.9. The van der Waals surface area contributed by atoms with E-state index in [1.165, 1.54) is 18.2 Å². The molecule has 13 heteroatoms. The monoisotopic (exact) mass is 576 g/mol. The number of carbonyl (C=O) groups excluding carboxylic acids is 1. The number of benzene rings is 2. The average Bonchev–Trinajstić information content (AvgIpc) is 3.66. The predicted molar refractivity (Wildman–Crippen MR) is 155 cm³/mol. The predicted octanol–water partition coefficient (Wildman–Crippen LogP) is 4.70. The van der Waals surface area contributed by atoms with E-state index in [0.717, 1.165) is 11.1 Å². The molecule has 13 nitrogen and oxygen atoms in total. The molecular formula is C30H24N8O5. The molecule has 0 saturated heterocycles. The minimum atomic E-state index is -0.420. The molecule has 0 spiro atoms. The first kappa shape index (κ1) is 27.1. The summed E-state index contributed by atoms with van der Waals surface area (Å²) >= 11 is 0. The Morgan fingerprint density at radius 2 is 1.40 bits per heavy atom. The highest BCUT2D eigenvalue weighted by molar-refractivity contribution is 5.94. The molecule has 4 aromatic heterocycles. The van der Waals surface area contributed by atoms with E-state index < -0.39 is 5.91 Å². The molecule has 0 aliphatic rings. The number of hydrogen-bond donors (Lipinski definition) is 4. The Kier molecular flexibility index (Phi) is 6.96. The topological polar surface area (TPSA) is 199 Å². The van der Waals surface area contributed by atoms with Gasteiger partial charge in [-0.15, -0.1) is 0 Å². The van der Waals surface area contributed by atoms with Gasteiger partial charge in [-0.1, -0.05) is 22.4 Å². The van der Waals surface area contributed by atoms with Gasteiger partial charge in [0.1, 0.15) is 22.9 Å². The molecule has 6 rings (SSSR count). The molecule has 4 heterocycles. The summed E-state index contributed by atoms with van der Waals surface area (Å²) in [6.07, 6.45) is 3.11. The zero-order valence-electron chi connectivity index (χ0n) is 22.9. The first-order valence-electron chi connectivity index (χ1n) is 13.0. The zero-order chi connectivity index (χ0) is 30.1. The SMILES string of the molecule is Cc1cccnc1-c1noc(-c2ccc(NC(=O)Cc3cc(-c4nc(-c5ncccc5C)no4)c(O)cc3N)cc2O)n1. The molecule has 0 unspecified atom stereocenters. The quantitative estimate of drug-likeness (QED) is 0.191. The van der Waals surface area contributed by atoms with Gasteiger partial charge in [-0.2, -0.15) is 9.97 Å². The number of phenolic OH excluding ortho intramolecular Hbond substituents is 2. The lowest BCUT2D eigenvalue weighted by molar-refractivity contribution is -0.115. The lowest BCUT2D eigenvalue weighted by atomic mass is 10.0. The van der Waals surface area contributed by atoms with Gasteiger partial charge in [-0.3, -0.25) is 14.8 Å². The summed E-state index contributed by atoms with van der Waals surface area (Å²) in [5.74, 6) is -0.0827. The van der Waals surface area contributed by atoms with Crippen LogP contribution in [0.1, 0.15) is 16.7 Å². The van der Waals surface area contributed by atoms with Gasteiger partial charge in [-0.25, -0.2) is 0 Å². The first-order chi connectivity index (χ1) is 20.8. The van der Waals surface area contributed by atoms with E-state index in [2.05, 4.69) is 35.6 Å². The number of rotatable bonds is 7. The molecule has 0 bridgehead atoms. The number of anilines is 2. The summed E-state index contributed by atoms with van der Waals surface area (Å²) in [5, 5.41) is 31.9. The Morgan fingerprint density at radius 1 is 0.814 bits per heavy atom. The maximum Gasteiger partial charge on any atom is 0.262 e. The molecule has 0 saturated carbocycles. The summed E-state index contributed by atoms with van der Waals surface area (Å²) in [6, 6.07) is 14.7. The molecule has 43 heavy (non-hydrogen) atoms. The molecule has 214 valence electrons. The van der Waals surface area contributed by atoms with Gasteiger partial charge >= 0.3 is 0 Å². The number of aryl methyl sites for hydroxylation is 2. The summed E-state index contributed by atoms with van der Waals surface area (Å²) in [5.41, 5.74) is 10.4. The highest BCUT2D eigenvalue weighted by Crippen LogP contribution is 2.35. The second kappa shape index (κ2) is 11.0. The first-order valence-corrected chi connectivity index (χ1v) is 13.0. The highest BCUT2D eigenvalue weighted by Gasteiger charge is 2.20. The van der Waals surface area contributed by atoms with E-state index in [-0.39, 0.29) is 52.3 Å². The van der Waals surface area contributed by atoms with E-state index in [9.17, 15) is 15.0 Å². The van der Waals surface area contributed by atoms with Crippen molar-refractivity contribution < 1.29 is 24.1 Å². The largest absolute Gasteiger partial charge is 0.507 e. The minimum absolute atomic E-state index is 0.0436. The van der Waals surface area contributed by atoms with Crippen LogP contribution < -0.4 is 11.1 Å². The molecule has 5 N–H and O–H groups in total. The number of aromatic hydroxyl groups is 2. The van der Waals surface area contributed by atoms with Crippen LogP contribution in [0.2, 0.25) is 0 Å². The van der Waals surface area contributed by atoms with Crippen LogP contribution in [0.5, 0.6) is 11.5 Å². The molecular weight excluding hydrogens is 552 g/mol. The number of nitrogens with zero attached hydrogens (tertiary/aromatic N) is 6. The van der Waals surface area contributed by atoms with Crippen molar-refractivity contribution in [2.45, 2.75) is 20.3 Å². The van der Waals surface area contributed by atoms with Crippen LogP contribution in [0.3, 0.4) is 0 Å². The Bertz CT molecular complexity index is 1980. The van der Waals surface area contributed by atoms with Crippen LogP contribution in [-0.2, 0) is 11.2 Å². The van der Waals surface area contributed by atoms with Gasteiger partial charge < -0.3 is 30.3 Å². The van der Waals surface area contributed by atoms with Crippen LogP contribution >= 0.6 is 0 Å². The third kappa shape index (κ3) is 5.46. The number of nitrogens with two attached hydrogens (primary N) is 1. The number of nitrogens with one attached hydrogen (secondary N) is 1. The van der Waals surface area contributed by atoms with Crippen LogP contribution in [-0.4, -0.2) is 46.4 Å². The number of amides is 1. The second-order valence-electron chi connectivity index (χ2n) is 9.71. The fourth-order valence-electron chi connectivity index (χ4n) is 4.44. The van der Waals surface area contributed by atoms with Crippen molar-refractivity contribution in [2.75, 3.05) is 11.1 Å². The normalized spacial score (nSPS) is 11.0. The van der Waals surface area contributed by atoms with E-state index >= 15 is 0 Å². The number of phenols is 2. The summed E-state index contributed by atoms with van der Waals surface area (Å²) in [6.45, 7) is 3.75. The number of carbonyl (C=O) groups is 1. The molecule has 0 atom stereocenters. The van der Waals surface area contributed by atoms with Crippen LogP contribution in [0.4, 0.5) is 11.4 Å². The third-order valence-electron chi connectivity index (χ3n) is 6.65. The van der Waals surface area contributed by atoms with Crippen LogP contribution in [0.15, 0.2) is 76.0 Å². The van der Waals surface area contributed by atoms with Gasteiger partial charge in [0, 0.05) is 35.9 Å². The van der Waals surface area contributed by atoms with E-state index in [4.69, 9.17) is 14.8 Å². The number of hydrogen-bond acceptors (Lipinski definition) is 12. The number of nitrogen functional groups attached to an aromatic ring is 1. The van der Waals surface area contributed by atoms with Crippen molar-refractivity contribution in [1.82, 2.24) is 30.2 Å². The average molecular weight is 577 g/mol. The van der Waals surface area contributed by atoms with Crippen molar-refractivity contribution in [3.8, 4) is 57.4 Å². The van der Waals surface area contributed by atoms with Gasteiger partial charge in [0.15, 0.2) is 0 Å². The Labute approximate surface area is 244 Å². The number of aromatic nitrogens is 6. The summed E-state index contributed by atoms with van der Waals surface area (Å²) in [4.78, 5) is 30.2. The van der Waals surface area contributed by atoms with Gasteiger partial charge in [-0.05, 0) is 60.9 Å². The summed E-state index contributed by atoms with van der Waals surface area (Å²) < 4.78 is 10.7. The molecule has 1 amide bonds. The standard InChI is InChI=1S/C30H24N8O5/c1-15-5-3-9-32-25(15)27-35-29(42-37-27)19-8-7-18(13-22(19)39)34-24(41)12-17-11-20(23(40)14-21(17)31)30-36-28(38-43-30)26-16(2)6-4-10-33-26/h3-11,13-14,39-40H,12,31H2,1-2H3,(H,34,41). The Balaban J connectivity index is 1.18. The van der Waals surface area contributed by atoms with Crippen LogP contribution in [0.25, 0.3) is 45.9 Å². The van der Waals surface area contributed by atoms with E-state index in [0.29, 0.717) is 28.5 Å². The summed E-state index contributed by atoms with van der Waals surface area (Å²) in [7, 11) is 0. The van der Waals surface area contributed by atoms with Gasteiger partial charge in [0.25, 0.3) is 11.8 Å². The lowest BCUT2D eigenvalue weighted by Gasteiger charge is -2.10. The van der Waals surface area contributed by atoms with Gasteiger partial charge in [0.05, 0.1) is 17.5 Å². The zero-order valence-corrected chi connectivity index (χ0v) is 22.9. The molecule has 0 radical (unpaired) electrons. The molecule has 0 aliphatic carbocycles. The molecule has 2 aromatic carbocycles. The molecule has 0 aliphatic heterocycles. The third-order valence-corrected chi connectivity index (χ3v) is 6.65. The van der Waals surface area contributed by atoms with Crippen molar-refractivity contribution in [3.63, 3.8) is 0 Å². The van der Waals surface area contributed by atoms with Crippen molar-refractivity contribution in [1.29, 1.82) is 0 Å². The van der Waals surface area contributed by atoms with Crippen molar-refractivity contribution >= 4 is 17.3 Å². The lowest BCUT2D eigenvalue weighted by Crippen LogP contribution is -2.15. The second-order valence-corrected chi connectivity index (χ2v) is 9.71. The fraction of sp³-hybridized carbons (Fsp3) is 0.100. The Hall–Kier alpha value is -6.11.